The number of nitrogens with zero attached hydrogens (tertiary/aromatic N) is 3. The Morgan fingerprint density at radius 3 is 1.66 bits per heavy atom. The topological polar surface area (TPSA) is 38.7 Å². The summed E-state index contributed by atoms with van der Waals surface area (Å²) in [6, 6.07) is 45.6. The van der Waals surface area contributed by atoms with Crippen LogP contribution in [0.3, 0.4) is 0 Å². The molecule has 44 heavy (non-hydrogen) atoms. The van der Waals surface area contributed by atoms with Crippen LogP contribution < -0.4 is 0 Å². The van der Waals surface area contributed by atoms with Crippen LogP contribution >= 0.6 is 11.6 Å². The van der Waals surface area contributed by atoms with Gasteiger partial charge in [-0.3, -0.25) is 0 Å². The van der Waals surface area contributed by atoms with E-state index >= 15 is 0 Å². The van der Waals surface area contributed by atoms with E-state index in [1.54, 1.807) is 0 Å². The monoisotopic (exact) mass is 589 g/mol. The van der Waals surface area contributed by atoms with Gasteiger partial charge in [0.1, 0.15) is 0 Å². The first kappa shape index (κ1) is 27.0. The normalized spacial score (nSPS) is 15.5. The van der Waals surface area contributed by atoms with E-state index in [9.17, 15) is 0 Å². The van der Waals surface area contributed by atoms with E-state index in [2.05, 4.69) is 132 Å². The molecule has 0 unspecified atom stereocenters. The van der Waals surface area contributed by atoms with Gasteiger partial charge in [-0.1, -0.05) is 147 Å². The lowest BCUT2D eigenvalue weighted by Crippen LogP contribution is -2.29. The molecule has 0 N–H and O–H groups in total. The smallest absolute Gasteiger partial charge is 0.208 e. The maximum Gasteiger partial charge on any atom is 0.226 e. The third-order valence-electron chi connectivity index (χ3n) is 9.58. The number of benzene rings is 5. The Hall–Kier alpha value is -4.60. The van der Waals surface area contributed by atoms with Crippen LogP contribution in [0.5, 0.6) is 0 Å². The Morgan fingerprint density at radius 1 is 0.500 bits per heavy atom. The van der Waals surface area contributed by atoms with Crippen molar-refractivity contribution in [3.05, 3.63) is 160 Å². The van der Waals surface area contributed by atoms with Crippen molar-refractivity contribution in [2.45, 2.75) is 43.4 Å². The number of rotatable bonds is 5. The predicted molar refractivity (Wildman–Crippen MR) is 179 cm³/mol. The van der Waals surface area contributed by atoms with Crippen LogP contribution in [-0.2, 0) is 5.41 Å². The minimum absolute atomic E-state index is 0.192. The summed E-state index contributed by atoms with van der Waals surface area (Å²) in [5.74, 6) is 1.81. The number of hydrogen-bond donors (Lipinski definition) is 0. The summed E-state index contributed by atoms with van der Waals surface area (Å²) >= 11 is 6.67. The van der Waals surface area contributed by atoms with Crippen LogP contribution in [-0.4, -0.2) is 15.0 Å². The summed E-state index contributed by atoms with van der Waals surface area (Å²) in [4.78, 5) is 14.4. The van der Waals surface area contributed by atoms with Gasteiger partial charge in [0.15, 0.2) is 11.6 Å². The summed E-state index contributed by atoms with van der Waals surface area (Å²) in [5.41, 5.74) is 10.0. The molecule has 0 amide bonds. The highest BCUT2D eigenvalue weighted by Gasteiger charge is 2.47. The number of fused-ring (bicyclic) bond motifs is 3. The lowest BCUT2D eigenvalue weighted by atomic mass is 9.66. The molecule has 4 heteroatoms. The molecule has 6 aromatic rings. The fraction of sp³-hybridized carbons (Fsp3) is 0.175. The van der Waals surface area contributed by atoms with Crippen LogP contribution in [0.15, 0.2) is 127 Å². The Labute approximate surface area is 263 Å². The van der Waals surface area contributed by atoms with Gasteiger partial charge in [0.25, 0.3) is 0 Å². The molecule has 214 valence electrons. The molecule has 1 heterocycles. The Balaban J connectivity index is 1.32. The second-order valence-corrected chi connectivity index (χ2v) is 12.3. The molecule has 1 fully saturated rings. The third-order valence-corrected chi connectivity index (χ3v) is 9.75. The molecule has 0 atom stereocenters. The fourth-order valence-electron chi connectivity index (χ4n) is 7.62. The van der Waals surface area contributed by atoms with Gasteiger partial charge >= 0.3 is 0 Å². The molecule has 0 aliphatic heterocycles. The van der Waals surface area contributed by atoms with Gasteiger partial charge in [-0.05, 0) is 69.3 Å². The molecule has 0 bridgehead atoms. The number of aromatic nitrogens is 3. The zero-order valence-corrected chi connectivity index (χ0v) is 25.2. The van der Waals surface area contributed by atoms with E-state index < -0.39 is 5.41 Å². The van der Waals surface area contributed by atoms with Crippen LogP contribution in [0, 0.1) is 0 Å². The predicted octanol–water partition coefficient (Wildman–Crippen LogP) is 10.3. The van der Waals surface area contributed by atoms with Crippen LogP contribution in [0.1, 0.15) is 65.8 Å². The SMILES string of the molecule is Clc1nc(-c2ccc(C3CCCCC3)cc2)nc(-c2ccccc2C2(c3ccccc3)c3ccccc3-c3ccccc32)n1. The van der Waals surface area contributed by atoms with Gasteiger partial charge < -0.3 is 0 Å². The zero-order chi connectivity index (χ0) is 29.5. The van der Waals surface area contributed by atoms with Gasteiger partial charge in [0.2, 0.25) is 5.28 Å². The molecule has 0 radical (unpaired) electrons. The highest BCUT2D eigenvalue weighted by atomic mass is 35.5. The molecule has 0 spiro atoms. The molecular formula is C40H32ClN3. The molecule has 2 aliphatic rings. The van der Waals surface area contributed by atoms with E-state index in [0.717, 1.165) is 16.7 Å². The van der Waals surface area contributed by atoms with E-state index in [1.165, 1.54) is 65.5 Å². The molecule has 1 saturated carbocycles. The maximum atomic E-state index is 6.67. The first-order valence-electron chi connectivity index (χ1n) is 15.6. The van der Waals surface area contributed by atoms with E-state index in [0.29, 0.717) is 17.6 Å². The van der Waals surface area contributed by atoms with Gasteiger partial charge in [-0.25, -0.2) is 4.98 Å². The second kappa shape index (κ2) is 11.2. The molecule has 3 nitrogen and oxygen atoms in total. The lowest BCUT2D eigenvalue weighted by molar-refractivity contribution is 0.443. The van der Waals surface area contributed by atoms with Crippen molar-refractivity contribution in [1.82, 2.24) is 15.0 Å². The van der Waals surface area contributed by atoms with Crippen LogP contribution in [0.4, 0.5) is 0 Å². The Bertz CT molecular complexity index is 1910. The summed E-state index contributed by atoms with van der Waals surface area (Å²) < 4.78 is 0. The van der Waals surface area contributed by atoms with E-state index in [1.807, 2.05) is 0 Å². The Kier molecular flexibility index (Phi) is 6.84. The van der Waals surface area contributed by atoms with E-state index in [-0.39, 0.29) is 5.28 Å². The summed E-state index contributed by atoms with van der Waals surface area (Å²) in [7, 11) is 0. The molecule has 8 rings (SSSR count). The molecule has 0 saturated heterocycles. The zero-order valence-electron chi connectivity index (χ0n) is 24.5. The van der Waals surface area contributed by atoms with Gasteiger partial charge in [-0.15, -0.1) is 0 Å². The average Bonchev–Trinajstić information content (AvgIpc) is 3.40. The highest BCUT2D eigenvalue weighted by Crippen LogP contribution is 2.57. The van der Waals surface area contributed by atoms with E-state index in [4.69, 9.17) is 21.6 Å². The maximum absolute atomic E-state index is 6.67. The molecule has 5 aromatic carbocycles. The van der Waals surface area contributed by atoms with Crippen molar-refractivity contribution in [3.63, 3.8) is 0 Å². The first-order chi connectivity index (χ1) is 21.7. The largest absolute Gasteiger partial charge is 0.226 e. The third kappa shape index (κ3) is 4.38. The second-order valence-electron chi connectivity index (χ2n) is 12.0. The summed E-state index contributed by atoms with van der Waals surface area (Å²) in [5, 5.41) is 0.192. The van der Waals surface area contributed by atoms with Crippen LogP contribution in [0.2, 0.25) is 5.28 Å². The number of hydrogen-bond acceptors (Lipinski definition) is 3. The fourth-order valence-corrected chi connectivity index (χ4v) is 7.79. The molecule has 1 aromatic heterocycles. The quantitative estimate of drug-likeness (QED) is 0.200. The lowest BCUT2D eigenvalue weighted by Gasteiger charge is -2.35. The molecular weight excluding hydrogens is 558 g/mol. The van der Waals surface area contributed by atoms with Crippen molar-refractivity contribution in [1.29, 1.82) is 0 Å². The van der Waals surface area contributed by atoms with Crippen molar-refractivity contribution in [3.8, 4) is 33.9 Å². The van der Waals surface area contributed by atoms with Crippen molar-refractivity contribution >= 4 is 11.6 Å². The minimum atomic E-state index is -0.564. The van der Waals surface area contributed by atoms with Gasteiger partial charge in [0, 0.05) is 11.1 Å². The first-order valence-corrected chi connectivity index (χ1v) is 16.0. The standard InChI is InChI=1S/C40H32ClN3/c41-39-43-37(29-25-23-28(24-26-29)27-13-3-1-4-14-27)42-38(44-39)33-19-9-12-22-36(33)40(30-15-5-2-6-16-30)34-20-10-7-17-31(34)32-18-8-11-21-35(32)40/h2,5-12,15-27H,1,3-4,13-14H2. The molecule has 2 aliphatic carbocycles. The summed E-state index contributed by atoms with van der Waals surface area (Å²) in [6.45, 7) is 0. The van der Waals surface area contributed by atoms with Crippen LogP contribution in [0.25, 0.3) is 33.9 Å². The van der Waals surface area contributed by atoms with Crippen molar-refractivity contribution in [2.24, 2.45) is 0 Å². The van der Waals surface area contributed by atoms with Gasteiger partial charge in [0.05, 0.1) is 5.41 Å². The highest BCUT2D eigenvalue weighted by molar-refractivity contribution is 6.28. The Morgan fingerprint density at radius 2 is 1.02 bits per heavy atom. The minimum Gasteiger partial charge on any atom is -0.208 e. The van der Waals surface area contributed by atoms with Crippen molar-refractivity contribution < 1.29 is 0 Å². The summed E-state index contributed by atoms with van der Waals surface area (Å²) in [6.07, 6.45) is 6.53. The average molecular weight is 590 g/mol. The van der Waals surface area contributed by atoms with Gasteiger partial charge in [-0.2, -0.15) is 9.97 Å². The number of halogens is 1. The van der Waals surface area contributed by atoms with Crippen molar-refractivity contribution in [2.75, 3.05) is 0 Å².